The van der Waals surface area contributed by atoms with Crippen molar-refractivity contribution < 1.29 is 18.8 Å². The Bertz CT molecular complexity index is 1300. The molecule has 164 valence electrons. The number of benzene rings is 2. The molecule has 0 bridgehead atoms. The Morgan fingerprint density at radius 1 is 1.22 bits per heavy atom. The van der Waals surface area contributed by atoms with Crippen LogP contribution in [0.3, 0.4) is 0 Å². The third kappa shape index (κ3) is 4.37. The van der Waals surface area contributed by atoms with Crippen LogP contribution in [-0.2, 0) is 6.54 Å². The van der Waals surface area contributed by atoms with Crippen molar-refractivity contribution in [3.05, 3.63) is 70.0 Å². The first-order valence-corrected chi connectivity index (χ1v) is 9.67. The normalized spacial score (nSPS) is 10.8. The van der Waals surface area contributed by atoms with Crippen LogP contribution >= 0.6 is 11.6 Å². The lowest BCUT2D eigenvalue weighted by Crippen LogP contribution is -2.10. The summed E-state index contributed by atoms with van der Waals surface area (Å²) in [6, 6.07) is 7.62. The molecule has 12 heteroatoms. The minimum Gasteiger partial charge on any atom is -0.493 e. The molecule has 10 nitrogen and oxygen atoms in total. The number of nitrogens with one attached hydrogen (secondary N) is 1. The Balaban J connectivity index is 1.60. The largest absolute Gasteiger partial charge is 0.493 e. The van der Waals surface area contributed by atoms with Gasteiger partial charge in [0.25, 0.3) is 0 Å². The highest BCUT2D eigenvalue weighted by Gasteiger charge is 2.16. The highest BCUT2D eigenvalue weighted by Crippen LogP contribution is 2.35. The number of aromatic nitrogens is 4. The van der Waals surface area contributed by atoms with E-state index < -0.39 is 10.7 Å². The summed E-state index contributed by atoms with van der Waals surface area (Å²) in [5, 5.41) is 14.7. The van der Waals surface area contributed by atoms with Gasteiger partial charge in [0.15, 0.2) is 11.5 Å². The molecule has 0 saturated carbocycles. The van der Waals surface area contributed by atoms with Gasteiger partial charge in [0.2, 0.25) is 0 Å². The Morgan fingerprint density at radius 2 is 2.06 bits per heavy atom. The van der Waals surface area contributed by atoms with E-state index in [-0.39, 0.29) is 24.1 Å². The molecule has 2 aromatic heterocycles. The summed E-state index contributed by atoms with van der Waals surface area (Å²) in [6.07, 6.45) is 4.24. The molecule has 0 atom stereocenters. The second-order valence-electron chi connectivity index (χ2n) is 6.52. The van der Waals surface area contributed by atoms with E-state index >= 15 is 0 Å². The zero-order valence-electron chi connectivity index (χ0n) is 16.7. The van der Waals surface area contributed by atoms with Gasteiger partial charge in [-0.15, -0.1) is 0 Å². The van der Waals surface area contributed by atoms with Gasteiger partial charge >= 0.3 is 5.95 Å². The molecule has 4 rings (SSSR count). The summed E-state index contributed by atoms with van der Waals surface area (Å²) in [4.78, 5) is 22.7. The highest BCUT2D eigenvalue weighted by atomic mass is 35.5. The number of nitrogens with zero attached hydrogens (tertiary/aromatic N) is 5. The summed E-state index contributed by atoms with van der Waals surface area (Å²) in [7, 11) is 1.50. The first-order valence-electron chi connectivity index (χ1n) is 9.29. The summed E-state index contributed by atoms with van der Waals surface area (Å²) in [5.74, 6) is 0.500. The average Bonchev–Trinajstić information content (AvgIpc) is 3.25. The Kier molecular flexibility index (Phi) is 5.99. The van der Waals surface area contributed by atoms with E-state index in [1.54, 1.807) is 12.1 Å². The van der Waals surface area contributed by atoms with Gasteiger partial charge < -0.3 is 24.9 Å². The van der Waals surface area contributed by atoms with Crippen LogP contribution in [0.5, 0.6) is 11.5 Å². The number of ether oxygens (including phenoxy) is 2. The maximum atomic E-state index is 13.5. The van der Waals surface area contributed by atoms with Crippen molar-refractivity contribution in [2.24, 2.45) is 0 Å². The molecule has 0 spiro atoms. The van der Waals surface area contributed by atoms with E-state index in [2.05, 4.69) is 20.3 Å². The van der Waals surface area contributed by atoms with Gasteiger partial charge in [-0.3, -0.25) is 0 Å². The molecule has 0 fully saturated rings. The van der Waals surface area contributed by atoms with Gasteiger partial charge in [0.1, 0.15) is 43.5 Å². The number of rotatable bonds is 8. The number of nitro groups is 1. The van der Waals surface area contributed by atoms with Gasteiger partial charge in [0, 0.05) is 17.1 Å². The molecule has 4 aromatic rings. The van der Waals surface area contributed by atoms with Crippen molar-refractivity contribution in [1.29, 1.82) is 0 Å². The second-order valence-corrected chi connectivity index (χ2v) is 6.93. The van der Waals surface area contributed by atoms with E-state index in [4.69, 9.17) is 21.1 Å². The monoisotopic (exact) mass is 458 g/mol. The fraction of sp³-hybridized carbons (Fsp3) is 0.150. The van der Waals surface area contributed by atoms with Crippen LogP contribution < -0.4 is 14.8 Å². The maximum absolute atomic E-state index is 13.5. The fourth-order valence-electron chi connectivity index (χ4n) is 3.05. The Morgan fingerprint density at radius 3 is 2.81 bits per heavy atom. The molecule has 0 aliphatic heterocycles. The van der Waals surface area contributed by atoms with E-state index in [1.165, 1.54) is 48.6 Å². The molecular weight excluding hydrogens is 443 g/mol. The predicted octanol–water partition coefficient (Wildman–Crippen LogP) is 4.36. The van der Waals surface area contributed by atoms with Crippen LogP contribution in [0.2, 0.25) is 5.02 Å². The SMILES string of the molecule is COc1cc2ncnc(Nc3ccc(F)c(Cl)c3)c2cc1OCCn1ccnc1[N+](=O)[O-]. The van der Waals surface area contributed by atoms with Crippen LogP contribution in [0.1, 0.15) is 0 Å². The number of hydrogen-bond donors (Lipinski definition) is 1. The van der Waals surface area contributed by atoms with E-state index in [0.29, 0.717) is 33.9 Å². The molecule has 0 aliphatic carbocycles. The van der Waals surface area contributed by atoms with Crippen LogP contribution in [0.4, 0.5) is 21.8 Å². The Hall–Kier alpha value is -3.99. The van der Waals surface area contributed by atoms with Gasteiger partial charge in [-0.05, 0) is 29.2 Å². The van der Waals surface area contributed by atoms with Crippen LogP contribution in [-0.4, -0.2) is 38.2 Å². The molecule has 1 N–H and O–H groups in total. The molecule has 2 heterocycles. The molecule has 0 aliphatic rings. The summed E-state index contributed by atoms with van der Waals surface area (Å²) in [6.45, 7) is 0.338. The highest BCUT2D eigenvalue weighted by molar-refractivity contribution is 6.31. The molecule has 0 amide bonds. The summed E-state index contributed by atoms with van der Waals surface area (Å²) < 4.78 is 26.1. The van der Waals surface area contributed by atoms with Gasteiger partial charge in [0.05, 0.1) is 17.6 Å². The van der Waals surface area contributed by atoms with Crippen LogP contribution in [0, 0.1) is 15.9 Å². The smallest absolute Gasteiger partial charge is 0.434 e. The van der Waals surface area contributed by atoms with Crippen molar-refractivity contribution >= 4 is 40.0 Å². The fourth-order valence-corrected chi connectivity index (χ4v) is 3.23. The zero-order valence-corrected chi connectivity index (χ0v) is 17.4. The van der Waals surface area contributed by atoms with Gasteiger partial charge in [-0.2, -0.15) is 0 Å². The molecule has 2 aromatic carbocycles. The summed E-state index contributed by atoms with van der Waals surface area (Å²) in [5.41, 5.74) is 1.13. The maximum Gasteiger partial charge on any atom is 0.434 e. The molecule has 32 heavy (non-hydrogen) atoms. The summed E-state index contributed by atoms with van der Waals surface area (Å²) >= 11 is 5.86. The van der Waals surface area contributed by atoms with Crippen molar-refractivity contribution in [1.82, 2.24) is 19.5 Å². The van der Waals surface area contributed by atoms with Crippen molar-refractivity contribution in [3.8, 4) is 11.5 Å². The third-order valence-electron chi connectivity index (χ3n) is 4.55. The predicted molar refractivity (Wildman–Crippen MR) is 115 cm³/mol. The van der Waals surface area contributed by atoms with E-state index in [9.17, 15) is 14.5 Å². The minimum atomic E-state index is -0.562. The minimum absolute atomic E-state index is 0.0207. The van der Waals surface area contributed by atoms with Crippen LogP contribution in [0.25, 0.3) is 10.9 Å². The molecule has 0 saturated heterocycles. The third-order valence-corrected chi connectivity index (χ3v) is 4.84. The first-order chi connectivity index (χ1) is 15.5. The molecular formula is C20H16ClFN6O4. The van der Waals surface area contributed by atoms with E-state index in [0.717, 1.165) is 0 Å². The number of methoxy groups -OCH3 is 1. The lowest BCUT2D eigenvalue weighted by Gasteiger charge is -2.14. The Labute approximate surface area is 185 Å². The number of anilines is 2. The number of halogens is 2. The van der Waals surface area contributed by atoms with Crippen molar-refractivity contribution in [2.75, 3.05) is 19.0 Å². The van der Waals surface area contributed by atoms with Crippen LogP contribution in [0.15, 0.2) is 49.1 Å². The lowest BCUT2D eigenvalue weighted by atomic mass is 10.2. The number of fused-ring (bicyclic) bond motifs is 1. The number of hydrogen-bond acceptors (Lipinski definition) is 8. The zero-order chi connectivity index (χ0) is 22.7. The lowest BCUT2D eigenvalue weighted by molar-refractivity contribution is -0.396. The standard InChI is InChI=1S/C20H16ClFN6O4/c1-31-17-10-16-13(9-18(17)32-7-6-27-5-4-23-20(27)28(29)30)19(25-11-24-16)26-12-2-3-15(22)14(21)8-12/h2-5,8-11H,6-7H2,1H3,(H,24,25,26). The average molecular weight is 459 g/mol. The molecule has 0 unspecified atom stereocenters. The van der Waals surface area contributed by atoms with Crippen molar-refractivity contribution in [3.63, 3.8) is 0 Å². The number of imidazole rings is 1. The van der Waals surface area contributed by atoms with E-state index in [1.807, 2.05) is 0 Å². The van der Waals surface area contributed by atoms with Crippen molar-refractivity contribution in [2.45, 2.75) is 6.54 Å². The topological polar surface area (TPSA) is 117 Å². The molecule has 0 radical (unpaired) electrons. The second kappa shape index (κ2) is 9.02. The van der Waals surface area contributed by atoms with Gasteiger partial charge in [-0.25, -0.2) is 18.9 Å². The quantitative estimate of drug-likeness (QED) is 0.306. The first kappa shape index (κ1) is 21.2. The van der Waals surface area contributed by atoms with Gasteiger partial charge in [-0.1, -0.05) is 16.6 Å².